The molecule has 2 aromatic rings. The van der Waals surface area contributed by atoms with Crippen molar-refractivity contribution < 1.29 is 9.18 Å². The van der Waals surface area contributed by atoms with Crippen molar-refractivity contribution >= 4 is 27.5 Å². The lowest BCUT2D eigenvalue weighted by atomic mass is 10.0. The zero-order valence-corrected chi connectivity index (χ0v) is 17.6. The molecule has 1 saturated heterocycles. The molecule has 0 radical (unpaired) electrons. The summed E-state index contributed by atoms with van der Waals surface area (Å²) in [5, 5.41) is 3.88. The number of amides is 1. The molecule has 2 fully saturated rings. The van der Waals surface area contributed by atoms with Gasteiger partial charge in [0.15, 0.2) is 0 Å². The lowest BCUT2D eigenvalue weighted by molar-refractivity contribution is 0.0930. The van der Waals surface area contributed by atoms with Crippen molar-refractivity contribution in [2.75, 3.05) is 18.0 Å². The number of benzene rings is 1. The Morgan fingerprint density at radius 1 is 1.29 bits per heavy atom. The Kier molecular flexibility index (Phi) is 5.67. The van der Waals surface area contributed by atoms with E-state index < -0.39 is 0 Å². The van der Waals surface area contributed by atoms with Crippen LogP contribution in [0.15, 0.2) is 30.5 Å². The van der Waals surface area contributed by atoms with Gasteiger partial charge in [0.1, 0.15) is 5.82 Å². The fraction of sp³-hybridized carbons (Fsp3) is 0.455. The number of anilines is 1. The highest BCUT2D eigenvalue weighted by Gasteiger charge is 2.35. The third kappa shape index (κ3) is 4.22. The first-order valence-corrected chi connectivity index (χ1v) is 11.0. The summed E-state index contributed by atoms with van der Waals surface area (Å²) in [7, 11) is 0. The highest BCUT2D eigenvalue weighted by molar-refractivity contribution is 9.08. The van der Waals surface area contributed by atoms with Crippen molar-refractivity contribution in [3.63, 3.8) is 0 Å². The van der Waals surface area contributed by atoms with E-state index in [1.165, 1.54) is 19.0 Å². The maximum atomic E-state index is 13.6. The molecule has 1 atom stereocenters. The summed E-state index contributed by atoms with van der Waals surface area (Å²) in [5.74, 6) is -0.0347. The molecule has 1 amide bonds. The SMILES string of the molecule is Cc1cc(C(NC(=O)c2cc(CBr)cc(N3CCCC3)c2)C2CC2)ncc1F. The Morgan fingerprint density at radius 3 is 2.68 bits per heavy atom. The Bertz CT molecular complexity index is 878. The number of aromatic nitrogens is 1. The van der Waals surface area contributed by atoms with E-state index in [2.05, 4.69) is 37.2 Å². The maximum absolute atomic E-state index is 13.6. The van der Waals surface area contributed by atoms with E-state index in [0.29, 0.717) is 22.4 Å². The van der Waals surface area contributed by atoms with Crippen molar-refractivity contribution in [1.82, 2.24) is 10.3 Å². The van der Waals surface area contributed by atoms with Crippen molar-refractivity contribution in [2.24, 2.45) is 5.92 Å². The van der Waals surface area contributed by atoms with Crippen molar-refractivity contribution in [3.05, 3.63) is 58.7 Å². The number of alkyl halides is 1. The van der Waals surface area contributed by atoms with E-state index in [1.54, 1.807) is 13.0 Å². The number of pyridine rings is 1. The van der Waals surface area contributed by atoms with Crippen LogP contribution in [0.1, 0.15) is 58.9 Å². The second kappa shape index (κ2) is 8.19. The van der Waals surface area contributed by atoms with Crippen molar-refractivity contribution in [3.8, 4) is 0 Å². The molecule has 0 bridgehead atoms. The highest BCUT2D eigenvalue weighted by Crippen LogP contribution is 2.41. The van der Waals surface area contributed by atoms with Gasteiger partial charge in [-0.2, -0.15) is 0 Å². The highest BCUT2D eigenvalue weighted by atomic mass is 79.9. The molecule has 2 aliphatic rings. The van der Waals surface area contributed by atoms with Crippen LogP contribution in [0.3, 0.4) is 0 Å². The van der Waals surface area contributed by atoms with Crippen LogP contribution < -0.4 is 10.2 Å². The first-order valence-electron chi connectivity index (χ1n) is 9.93. The molecule has 1 aromatic carbocycles. The zero-order valence-electron chi connectivity index (χ0n) is 16.0. The van der Waals surface area contributed by atoms with Crippen LogP contribution in [-0.2, 0) is 5.33 Å². The van der Waals surface area contributed by atoms with Gasteiger partial charge in [-0.25, -0.2) is 4.39 Å². The zero-order chi connectivity index (χ0) is 19.7. The van der Waals surface area contributed by atoms with Crippen molar-refractivity contribution in [1.29, 1.82) is 0 Å². The van der Waals surface area contributed by atoms with E-state index in [9.17, 15) is 9.18 Å². The summed E-state index contributed by atoms with van der Waals surface area (Å²) >= 11 is 3.52. The third-order valence-corrected chi connectivity index (χ3v) is 6.28. The van der Waals surface area contributed by atoms with Gasteiger partial charge >= 0.3 is 0 Å². The van der Waals surface area contributed by atoms with Crippen LogP contribution in [-0.4, -0.2) is 24.0 Å². The van der Waals surface area contributed by atoms with Gasteiger partial charge in [0.2, 0.25) is 0 Å². The molecule has 148 valence electrons. The molecule has 1 saturated carbocycles. The van der Waals surface area contributed by atoms with Crippen LogP contribution in [0.2, 0.25) is 0 Å². The summed E-state index contributed by atoms with van der Waals surface area (Å²) in [6, 6.07) is 7.66. The number of nitrogens with zero attached hydrogens (tertiary/aromatic N) is 2. The number of rotatable bonds is 6. The molecule has 1 N–H and O–H groups in total. The molecule has 4 rings (SSSR count). The van der Waals surface area contributed by atoms with Crippen LogP contribution in [0.25, 0.3) is 0 Å². The minimum Gasteiger partial charge on any atom is -0.372 e. The molecule has 1 unspecified atom stereocenters. The van der Waals surface area contributed by atoms with Gasteiger partial charge in [-0.15, -0.1) is 0 Å². The summed E-state index contributed by atoms with van der Waals surface area (Å²) in [4.78, 5) is 19.7. The molecular formula is C22H25BrFN3O. The van der Waals surface area contributed by atoms with Gasteiger partial charge in [0, 0.05) is 29.7 Å². The molecule has 2 heterocycles. The molecule has 0 spiro atoms. The number of halogens is 2. The van der Waals surface area contributed by atoms with Crippen LogP contribution in [0, 0.1) is 18.7 Å². The van der Waals surface area contributed by atoms with Gasteiger partial charge in [-0.05, 0) is 73.9 Å². The van der Waals surface area contributed by atoms with E-state index in [4.69, 9.17) is 0 Å². The smallest absolute Gasteiger partial charge is 0.251 e. The summed E-state index contributed by atoms with van der Waals surface area (Å²) in [6.45, 7) is 3.81. The number of nitrogens with one attached hydrogen (secondary N) is 1. The Labute approximate surface area is 173 Å². The van der Waals surface area contributed by atoms with Gasteiger partial charge in [0.25, 0.3) is 5.91 Å². The Hall–Kier alpha value is -1.95. The number of carbonyl (C=O) groups excluding carboxylic acids is 1. The molecule has 1 aliphatic carbocycles. The third-order valence-electron chi connectivity index (χ3n) is 5.63. The maximum Gasteiger partial charge on any atom is 0.251 e. The molecule has 28 heavy (non-hydrogen) atoms. The molecule has 4 nitrogen and oxygen atoms in total. The molecular weight excluding hydrogens is 421 g/mol. The number of hydrogen-bond acceptors (Lipinski definition) is 3. The van der Waals surface area contributed by atoms with E-state index in [-0.39, 0.29) is 17.8 Å². The predicted molar refractivity (Wildman–Crippen MR) is 112 cm³/mol. The Balaban J connectivity index is 1.59. The minimum absolute atomic E-state index is 0.0936. The lowest BCUT2D eigenvalue weighted by Gasteiger charge is -2.21. The first-order chi connectivity index (χ1) is 13.5. The Morgan fingerprint density at radius 2 is 2.04 bits per heavy atom. The van der Waals surface area contributed by atoms with Gasteiger partial charge in [-0.1, -0.05) is 15.9 Å². The average Bonchev–Trinajstić information content (AvgIpc) is 3.40. The van der Waals surface area contributed by atoms with Crippen LogP contribution in [0.4, 0.5) is 10.1 Å². The van der Waals surface area contributed by atoms with E-state index in [1.807, 2.05) is 12.1 Å². The second-order valence-electron chi connectivity index (χ2n) is 7.86. The molecule has 6 heteroatoms. The monoisotopic (exact) mass is 445 g/mol. The summed E-state index contributed by atoms with van der Waals surface area (Å²) in [5.41, 5.74) is 4.17. The topological polar surface area (TPSA) is 45.2 Å². The fourth-order valence-corrected chi connectivity index (χ4v) is 4.18. The first kappa shape index (κ1) is 19.4. The normalized spacial score (nSPS) is 17.6. The van der Waals surface area contributed by atoms with Crippen LogP contribution in [0.5, 0.6) is 0 Å². The fourth-order valence-electron chi connectivity index (χ4n) is 3.86. The van der Waals surface area contributed by atoms with E-state index >= 15 is 0 Å². The van der Waals surface area contributed by atoms with E-state index in [0.717, 1.165) is 42.9 Å². The van der Waals surface area contributed by atoms with Crippen molar-refractivity contribution in [2.45, 2.75) is 44.0 Å². The van der Waals surface area contributed by atoms with Gasteiger partial charge in [0.05, 0.1) is 17.9 Å². The predicted octanol–water partition coefficient (Wildman–Crippen LogP) is 4.91. The minimum atomic E-state index is -0.315. The van der Waals surface area contributed by atoms with Gasteiger partial charge < -0.3 is 10.2 Å². The standard InChI is InChI=1S/C22H25BrFN3O/c1-14-8-20(25-13-19(14)24)21(16-4-5-16)26-22(28)17-9-15(12-23)10-18(11-17)27-6-2-3-7-27/h8-11,13,16,21H,2-7,12H2,1H3,(H,26,28). The summed E-state index contributed by atoms with van der Waals surface area (Å²) in [6.07, 6.45) is 5.76. The second-order valence-corrected chi connectivity index (χ2v) is 8.42. The number of carbonyl (C=O) groups is 1. The number of aryl methyl sites for hydroxylation is 1. The largest absolute Gasteiger partial charge is 0.372 e. The number of hydrogen-bond donors (Lipinski definition) is 1. The van der Waals surface area contributed by atoms with Crippen LogP contribution >= 0.6 is 15.9 Å². The van der Waals surface area contributed by atoms with Gasteiger partial charge in [-0.3, -0.25) is 9.78 Å². The summed E-state index contributed by atoms with van der Waals surface area (Å²) < 4.78 is 13.6. The average molecular weight is 446 g/mol. The molecule has 1 aromatic heterocycles. The quantitative estimate of drug-likeness (QED) is 0.642. The lowest BCUT2D eigenvalue weighted by Crippen LogP contribution is -2.31. The molecule has 1 aliphatic heterocycles.